The van der Waals surface area contributed by atoms with Gasteiger partial charge in [-0.3, -0.25) is 9.78 Å². The molecule has 82 valence electrons. The zero-order chi connectivity index (χ0) is 11.5. The minimum Gasteiger partial charge on any atom is -0.481 e. The third-order valence-corrected chi connectivity index (χ3v) is 2.04. The Kier molecular flexibility index (Phi) is 2.59. The molecule has 0 radical (unpaired) electrons. The third kappa shape index (κ3) is 2.02. The van der Waals surface area contributed by atoms with Gasteiger partial charge in [0.1, 0.15) is 6.33 Å². The Morgan fingerprint density at radius 2 is 2.31 bits per heavy atom. The van der Waals surface area contributed by atoms with Gasteiger partial charge in [0.2, 0.25) is 0 Å². The summed E-state index contributed by atoms with van der Waals surface area (Å²) in [7, 11) is 0. The molecule has 0 unspecified atom stereocenters. The molecule has 0 aromatic carbocycles. The monoisotopic (exact) mass is 219 g/mol. The van der Waals surface area contributed by atoms with E-state index in [1.54, 1.807) is 19.1 Å². The first-order chi connectivity index (χ1) is 7.66. The van der Waals surface area contributed by atoms with Crippen LogP contribution in [-0.2, 0) is 11.2 Å². The van der Waals surface area contributed by atoms with Gasteiger partial charge in [0.15, 0.2) is 0 Å². The number of aromatic nitrogens is 5. The summed E-state index contributed by atoms with van der Waals surface area (Å²) >= 11 is 0. The molecule has 2 rings (SSSR count). The fourth-order valence-electron chi connectivity index (χ4n) is 1.37. The van der Waals surface area contributed by atoms with Crippen LogP contribution >= 0.6 is 0 Å². The maximum absolute atomic E-state index is 10.5. The molecule has 0 aliphatic heterocycles. The summed E-state index contributed by atoms with van der Waals surface area (Å²) in [6, 6.07) is 3.40. The molecule has 1 N–H and O–H groups in total. The first-order valence-corrected chi connectivity index (χ1v) is 4.58. The van der Waals surface area contributed by atoms with Crippen LogP contribution in [0.4, 0.5) is 0 Å². The lowest BCUT2D eigenvalue weighted by atomic mass is 10.2. The maximum atomic E-state index is 10.5. The molecule has 7 heteroatoms. The summed E-state index contributed by atoms with van der Waals surface area (Å²) in [5.74, 6) is -0.901. The number of rotatable bonds is 3. The summed E-state index contributed by atoms with van der Waals surface area (Å²) in [6.07, 6.45) is 1.37. The van der Waals surface area contributed by atoms with E-state index in [-0.39, 0.29) is 6.42 Å². The van der Waals surface area contributed by atoms with Crippen molar-refractivity contribution in [3.8, 4) is 5.69 Å². The highest BCUT2D eigenvalue weighted by molar-refractivity contribution is 5.69. The number of hydrogen-bond donors (Lipinski definition) is 1. The van der Waals surface area contributed by atoms with Crippen LogP contribution in [0.25, 0.3) is 5.69 Å². The van der Waals surface area contributed by atoms with Crippen molar-refractivity contribution in [1.82, 2.24) is 25.2 Å². The molecule has 0 aliphatic carbocycles. The van der Waals surface area contributed by atoms with Crippen molar-refractivity contribution in [2.24, 2.45) is 0 Å². The van der Waals surface area contributed by atoms with E-state index in [0.717, 1.165) is 5.69 Å². The fraction of sp³-hybridized carbons (Fsp3) is 0.222. The summed E-state index contributed by atoms with van der Waals surface area (Å²) in [5.41, 5.74) is 1.94. The smallest absolute Gasteiger partial charge is 0.309 e. The number of nitrogens with zero attached hydrogens (tertiary/aromatic N) is 5. The van der Waals surface area contributed by atoms with E-state index in [1.807, 2.05) is 0 Å². The van der Waals surface area contributed by atoms with Gasteiger partial charge in [-0.05, 0) is 29.5 Å². The van der Waals surface area contributed by atoms with Gasteiger partial charge in [-0.2, -0.15) is 4.68 Å². The molecule has 0 atom stereocenters. The summed E-state index contributed by atoms with van der Waals surface area (Å²) in [6.45, 7) is 1.78. The van der Waals surface area contributed by atoms with Crippen molar-refractivity contribution in [3.05, 3.63) is 29.8 Å². The van der Waals surface area contributed by atoms with Gasteiger partial charge < -0.3 is 5.11 Å². The molecule has 2 heterocycles. The number of hydrogen-bond acceptors (Lipinski definition) is 5. The average Bonchev–Trinajstić information content (AvgIpc) is 2.69. The second kappa shape index (κ2) is 4.05. The molecule has 0 saturated heterocycles. The molecule has 16 heavy (non-hydrogen) atoms. The van der Waals surface area contributed by atoms with Crippen LogP contribution in [0.1, 0.15) is 11.4 Å². The zero-order valence-corrected chi connectivity index (χ0v) is 8.53. The summed E-state index contributed by atoms with van der Waals surface area (Å²) in [5, 5.41) is 19.4. The van der Waals surface area contributed by atoms with Crippen molar-refractivity contribution in [3.63, 3.8) is 0 Å². The zero-order valence-electron chi connectivity index (χ0n) is 8.53. The highest BCUT2D eigenvalue weighted by atomic mass is 16.4. The van der Waals surface area contributed by atoms with E-state index in [0.29, 0.717) is 11.4 Å². The lowest BCUT2D eigenvalue weighted by molar-refractivity contribution is -0.136. The van der Waals surface area contributed by atoms with Gasteiger partial charge in [-0.1, -0.05) is 0 Å². The molecule has 2 aromatic rings. The summed E-state index contributed by atoms with van der Waals surface area (Å²) < 4.78 is 1.48. The molecule has 0 spiro atoms. The van der Waals surface area contributed by atoms with Gasteiger partial charge in [0.05, 0.1) is 23.5 Å². The quantitative estimate of drug-likeness (QED) is 0.780. The molecule has 0 fully saturated rings. The van der Waals surface area contributed by atoms with Crippen LogP contribution in [-0.4, -0.2) is 36.3 Å². The minimum absolute atomic E-state index is 0.0866. The normalized spacial score (nSPS) is 10.3. The number of carboxylic acid groups (broad SMARTS) is 1. The van der Waals surface area contributed by atoms with Crippen LogP contribution < -0.4 is 0 Å². The molecule has 0 saturated carbocycles. The number of carboxylic acids is 1. The molecule has 0 bridgehead atoms. The van der Waals surface area contributed by atoms with Crippen LogP contribution in [0.2, 0.25) is 0 Å². The lowest BCUT2D eigenvalue weighted by Crippen LogP contribution is -2.06. The topological polar surface area (TPSA) is 93.8 Å². The van der Waals surface area contributed by atoms with E-state index in [4.69, 9.17) is 5.11 Å². The molecule has 0 amide bonds. The maximum Gasteiger partial charge on any atom is 0.309 e. The van der Waals surface area contributed by atoms with Crippen LogP contribution in [0.5, 0.6) is 0 Å². The molecule has 0 aliphatic rings. The molecule has 7 nitrogen and oxygen atoms in total. The second-order valence-corrected chi connectivity index (χ2v) is 3.23. The SMILES string of the molecule is Cc1nc(CC(=O)O)ccc1-n1cnnn1. The summed E-state index contributed by atoms with van der Waals surface area (Å²) in [4.78, 5) is 14.7. The average molecular weight is 219 g/mol. The second-order valence-electron chi connectivity index (χ2n) is 3.23. The van der Waals surface area contributed by atoms with Crippen LogP contribution in [0.15, 0.2) is 18.5 Å². The van der Waals surface area contributed by atoms with Crippen molar-refractivity contribution >= 4 is 5.97 Å². The first-order valence-electron chi connectivity index (χ1n) is 4.58. The Morgan fingerprint density at radius 1 is 1.50 bits per heavy atom. The number of aliphatic carboxylic acids is 1. The number of aryl methyl sites for hydroxylation is 1. The highest BCUT2D eigenvalue weighted by Crippen LogP contribution is 2.10. The molecular formula is C9H9N5O2. The van der Waals surface area contributed by atoms with E-state index in [2.05, 4.69) is 20.5 Å². The molecule has 2 aromatic heterocycles. The fourth-order valence-corrected chi connectivity index (χ4v) is 1.37. The van der Waals surface area contributed by atoms with E-state index in [9.17, 15) is 4.79 Å². The van der Waals surface area contributed by atoms with E-state index < -0.39 is 5.97 Å². The Bertz CT molecular complexity index is 509. The Labute approximate surface area is 90.7 Å². The van der Waals surface area contributed by atoms with Crippen molar-refractivity contribution in [2.45, 2.75) is 13.3 Å². The predicted octanol–water partition coefficient (Wildman–Crippen LogP) is -0.00718. The van der Waals surface area contributed by atoms with Gasteiger partial charge in [0, 0.05) is 0 Å². The number of tetrazole rings is 1. The highest BCUT2D eigenvalue weighted by Gasteiger charge is 2.07. The number of pyridine rings is 1. The van der Waals surface area contributed by atoms with Gasteiger partial charge in [-0.15, -0.1) is 5.10 Å². The largest absolute Gasteiger partial charge is 0.481 e. The van der Waals surface area contributed by atoms with Crippen molar-refractivity contribution in [2.75, 3.05) is 0 Å². The van der Waals surface area contributed by atoms with Crippen molar-refractivity contribution < 1.29 is 9.90 Å². The van der Waals surface area contributed by atoms with Gasteiger partial charge >= 0.3 is 5.97 Å². The predicted molar refractivity (Wildman–Crippen MR) is 53.0 cm³/mol. The Balaban J connectivity index is 2.34. The number of carbonyl (C=O) groups is 1. The van der Waals surface area contributed by atoms with Crippen molar-refractivity contribution in [1.29, 1.82) is 0 Å². The Hall–Kier alpha value is -2.31. The standard InChI is InChI=1S/C9H9N5O2/c1-6-8(14-5-10-12-13-14)3-2-7(11-6)4-9(15)16/h2-3,5H,4H2,1H3,(H,15,16). The van der Waals surface area contributed by atoms with Crippen LogP contribution in [0, 0.1) is 6.92 Å². The van der Waals surface area contributed by atoms with E-state index >= 15 is 0 Å². The van der Waals surface area contributed by atoms with E-state index in [1.165, 1.54) is 11.0 Å². The lowest BCUT2D eigenvalue weighted by Gasteiger charge is -2.04. The molecular weight excluding hydrogens is 210 g/mol. The first kappa shape index (κ1) is 10.2. The Morgan fingerprint density at radius 3 is 2.88 bits per heavy atom. The third-order valence-electron chi connectivity index (χ3n) is 2.04. The van der Waals surface area contributed by atoms with Crippen LogP contribution in [0.3, 0.4) is 0 Å². The minimum atomic E-state index is -0.901. The van der Waals surface area contributed by atoms with Gasteiger partial charge in [0.25, 0.3) is 0 Å². The van der Waals surface area contributed by atoms with Gasteiger partial charge in [-0.25, -0.2) is 0 Å².